The number of carbonyl (C=O) groups excluding carboxylic acids is 10. The van der Waals surface area contributed by atoms with Gasteiger partial charge in [0.25, 0.3) is 0 Å². The fraction of sp³-hybridized carbons (Fsp3) is 0.602. The highest BCUT2D eigenvalue weighted by Crippen LogP contribution is 2.25. The molecule has 0 spiro atoms. The van der Waals surface area contributed by atoms with Crippen LogP contribution in [0.3, 0.4) is 0 Å². The van der Waals surface area contributed by atoms with Gasteiger partial charge in [-0.15, -0.1) is 0 Å². The first-order chi connectivity index (χ1) is 54.4. The first-order valence-corrected chi connectivity index (χ1v) is 41.2. The van der Waals surface area contributed by atoms with Gasteiger partial charge in [0.05, 0.1) is 32.3 Å². The van der Waals surface area contributed by atoms with E-state index in [1.807, 2.05) is 168 Å². The number of hydrogen-bond donors (Lipinski definition) is 9. The van der Waals surface area contributed by atoms with Crippen LogP contribution in [0.4, 0.5) is 14.4 Å². The molecule has 8 amide bonds. The average molecular weight is 1590 g/mol. The van der Waals surface area contributed by atoms with Gasteiger partial charge in [0.1, 0.15) is 17.7 Å². The predicted octanol–water partition coefficient (Wildman–Crippen LogP) is 10.7. The third kappa shape index (κ3) is 37.3. The lowest BCUT2D eigenvalue weighted by Gasteiger charge is -2.39. The lowest BCUT2D eigenvalue weighted by molar-refractivity contribution is -0.143. The maximum absolute atomic E-state index is 14.1. The second kappa shape index (κ2) is 53.0. The minimum Gasteiger partial charge on any atom is -0.480 e. The van der Waals surface area contributed by atoms with E-state index in [2.05, 4.69) is 38.8 Å². The molecule has 0 aliphatic carbocycles. The lowest BCUT2D eigenvalue weighted by Crippen LogP contribution is -2.55. The first-order valence-electron chi connectivity index (χ1n) is 41.2. The molecule has 2 aliphatic heterocycles. The number of Topliss-reactive ketones (excluding diaryl/α,β-unsaturated/α-hetero) is 2. The van der Waals surface area contributed by atoms with Crippen LogP contribution in [-0.2, 0) is 78.3 Å². The molecule has 26 heteroatoms. The van der Waals surface area contributed by atoms with E-state index in [0.717, 1.165) is 67.6 Å². The summed E-state index contributed by atoms with van der Waals surface area (Å²) in [5.41, 5.74) is 15.1. The van der Waals surface area contributed by atoms with Crippen LogP contribution < -0.4 is 43.4 Å². The molecule has 11 N–H and O–H groups in total. The molecule has 2 aliphatic rings. The number of ether oxygens (including phenoxy) is 3. The van der Waals surface area contributed by atoms with Crippen LogP contribution in [0.15, 0.2) is 121 Å². The molecule has 8 atom stereocenters. The van der Waals surface area contributed by atoms with Crippen molar-refractivity contribution in [1.29, 1.82) is 0 Å². The van der Waals surface area contributed by atoms with Gasteiger partial charge in [-0.25, -0.2) is 19.2 Å². The largest absolute Gasteiger partial charge is 0.480 e. The predicted molar refractivity (Wildman–Crippen MR) is 444 cm³/mol. The van der Waals surface area contributed by atoms with Crippen LogP contribution in [-0.4, -0.2) is 200 Å². The number of ketones is 2. The SMILES string of the molecule is CC(C)C[C@@H](CC(=O)[C@@H](Cc1ccccc1)NC(=O)[C@H](C)Cc1ccccc1)C(=O)N[C@H](CCCCNC(=O)OC(C)(C)C)C(=O)O.CCCN(C(=O)OC)C1CCN(C(=O)[C@@H](CCCCN)NC(=O)[C@H](CC(=O)[C@@H](Cc2ccccc2)NC(=O)[C@H](N)Cc2ccccc2)CC(C)C)CC1.CCCN(C(=O)OC)C1CCNCC1. The minimum absolute atomic E-state index is 0.0321. The van der Waals surface area contributed by atoms with Crippen LogP contribution >= 0.6 is 0 Å². The number of methoxy groups -OCH3 is 2. The molecule has 0 aromatic heterocycles. The molecule has 2 heterocycles. The van der Waals surface area contributed by atoms with Gasteiger partial charge >= 0.3 is 24.2 Å². The summed E-state index contributed by atoms with van der Waals surface area (Å²) in [5, 5.41) is 27.3. The van der Waals surface area contributed by atoms with Crippen molar-refractivity contribution in [2.45, 2.75) is 246 Å². The Balaban J connectivity index is 0.000000411. The van der Waals surface area contributed by atoms with E-state index in [0.29, 0.717) is 109 Å². The Bertz CT molecular complexity index is 3520. The number of unbranched alkanes of at least 4 members (excludes halogenated alkanes) is 2. The van der Waals surface area contributed by atoms with Crippen molar-refractivity contribution < 1.29 is 72.1 Å². The van der Waals surface area contributed by atoms with Gasteiger partial charge < -0.3 is 77.4 Å². The van der Waals surface area contributed by atoms with E-state index in [-0.39, 0.29) is 97.4 Å². The minimum atomic E-state index is -1.17. The van der Waals surface area contributed by atoms with Gasteiger partial charge in [0.2, 0.25) is 29.5 Å². The van der Waals surface area contributed by atoms with Crippen molar-refractivity contribution in [3.63, 3.8) is 0 Å². The molecular formula is C88H135N11O15. The number of carboxylic acids is 1. The number of carboxylic acid groups (broad SMARTS) is 1. The summed E-state index contributed by atoms with van der Waals surface area (Å²) >= 11 is 0. The number of hydrogen-bond acceptors (Lipinski definition) is 17. The van der Waals surface area contributed by atoms with Crippen molar-refractivity contribution in [2.24, 2.45) is 41.1 Å². The van der Waals surface area contributed by atoms with Gasteiger partial charge in [0, 0.05) is 75.4 Å². The molecule has 26 nitrogen and oxygen atoms in total. The van der Waals surface area contributed by atoms with Crippen molar-refractivity contribution in [3.05, 3.63) is 144 Å². The summed E-state index contributed by atoms with van der Waals surface area (Å²) in [4.78, 5) is 149. The highest BCUT2D eigenvalue weighted by Gasteiger charge is 2.37. The van der Waals surface area contributed by atoms with Crippen LogP contribution in [0.2, 0.25) is 0 Å². The molecule has 0 bridgehead atoms. The Hall–Kier alpha value is -9.27. The fourth-order valence-corrected chi connectivity index (χ4v) is 14.1. The highest BCUT2D eigenvalue weighted by molar-refractivity contribution is 5.96. The smallest absolute Gasteiger partial charge is 0.409 e. The third-order valence-electron chi connectivity index (χ3n) is 20.1. The zero-order chi connectivity index (χ0) is 84.1. The summed E-state index contributed by atoms with van der Waals surface area (Å²) < 4.78 is 15.0. The normalized spacial score (nSPS) is 15.2. The van der Waals surface area contributed by atoms with Crippen molar-refractivity contribution >= 4 is 65.4 Å². The van der Waals surface area contributed by atoms with Gasteiger partial charge in [-0.3, -0.25) is 33.6 Å². The van der Waals surface area contributed by atoms with Gasteiger partial charge in [-0.1, -0.05) is 170 Å². The Kier molecular flexibility index (Phi) is 45.1. The molecule has 4 aromatic rings. The second-order valence-corrected chi connectivity index (χ2v) is 31.9. The number of likely N-dealkylation sites (tertiary alicyclic amines) is 1. The molecule has 0 radical (unpaired) electrons. The fourth-order valence-electron chi connectivity index (χ4n) is 14.1. The number of benzene rings is 4. The number of nitrogens with two attached hydrogens (primary N) is 2. The number of amides is 8. The molecule has 0 saturated carbocycles. The number of nitrogens with one attached hydrogen (secondary N) is 6. The van der Waals surface area contributed by atoms with E-state index < -0.39 is 71.5 Å². The summed E-state index contributed by atoms with van der Waals surface area (Å²) in [7, 11) is 2.83. The maximum Gasteiger partial charge on any atom is 0.409 e. The van der Waals surface area contributed by atoms with Crippen LogP contribution in [0.5, 0.6) is 0 Å². The standard InChI is InChI=1S/C41H62N6O6.C37H53N3O7.C10H20N2O2/c1-5-22-47(41(52)53-4)33-19-23-46(24-20-33)40(51)35(18-12-13-21-42)44-38(49)32(25-29(2)3)28-37(48)36(27-31-16-10-7-11-17-31)45-39(50)34(43)26-30-14-8-6-9-15-30;1-25(2)21-29(34(43)39-30(35(44)45)19-13-14-20-38-36(46)47-37(4,5)6)24-32(41)31(23-28-17-11-8-12-18-28)40-33(42)26(3)22-27-15-9-7-10-16-27;1-3-8-12(10(13)14-2)9-4-6-11-7-5-9/h6-11,14-17,29,32-36H,5,12-13,18-28,42-43H2,1-4H3,(H,44,49)(H,45,50);7-12,15-18,25-26,29-31H,13-14,19-24H2,1-6H3,(H,38,46)(H,39,43)(H,40,42)(H,44,45);9,11H,3-8H2,1-2H3/t32-,34+,35+,36+;26-,29+,30-,31-;/m01./s1. The molecule has 0 unspecified atom stereocenters. The van der Waals surface area contributed by atoms with E-state index in [1.54, 1.807) is 30.6 Å². The molecule has 6 rings (SSSR count). The van der Waals surface area contributed by atoms with E-state index in [1.165, 1.54) is 14.2 Å². The van der Waals surface area contributed by atoms with E-state index in [9.17, 15) is 57.8 Å². The second-order valence-electron chi connectivity index (χ2n) is 31.9. The van der Waals surface area contributed by atoms with Gasteiger partial charge in [-0.2, -0.15) is 0 Å². The van der Waals surface area contributed by atoms with E-state index >= 15 is 0 Å². The maximum atomic E-state index is 14.1. The third-order valence-corrected chi connectivity index (χ3v) is 20.1. The molecule has 2 saturated heterocycles. The Labute approximate surface area is 677 Å². The van der Waals surface area contributed by atoms with Crippen LogP contribution in [0.1, 0.15) is 194 Å². The Morgan fingerprint density at radius 3 is 1.33 bits per heavy atom. The summed E-state index contributed by atoms with van der Waals surface area (Å²) in [6.07, 6.45) is 8.76. The van der Waals surface area contributed by atoms with Gasteiger partial charge in [-0.05, 0) is 190 Å². The summed E-state index contributed by atoms with van der Waals surface area (Å²) in [5.74, 6) is -5.17. The number of nitrogens with zero attached hydrogens (tertiary/aromatic N) is 3. The number of alkyl carbamates (subject to hydrolysis) is 1. The summed E-state index contributed by atoms with van der Waals surface area (Å²) in [6.45, 7) is 24.1. The first kappa shape index (κ1) is 97.1. The average Bonchev–Trinajstić information content (AvgIpc) is 0.841. The topological polar surface area (TPSA) is 370 Å². The summed E-state index contributed by atoms with van der Waals surface area (Å²) in [6, 6.07) is 33.7. The number of aliphatic carboxylic acids is 1. The molecular weight excluding hydrogens is 1450 g/mol. The zero-order valence-corrected chi connectivity index (χ0v) is 69.9. The van der Waals surface area contributed by atoms with Crippen LogP contribution in [0.25, 0.3) is 0 Å². The Morgan fingerprint density at radius 2 is 0.921 bits per heavy atom. The van der Waals surface area contributed by atoms with E-state index in [4.69, 9.17) is 25.7 Å². The lowest BCUT2D eigenvalue weighted by atomic mass is 9.88. The molecule has 4 aromatic carbocycles. The number of piperidine rings is 2. The number of rotatable bonds is 43. The van der Waals surface area contributed by atoms with Gasteiger partial charge in [0.15, 0.2) is 11.6 Å². The van der Waals surface area contributed by atoms with Crippen molar-refractivity contribution in [2.75, 3.05) is 66.6 Å². The van der Waals surface area contributed by atoms with Crippen molar-refractivity contribution in [1.82, 2.24) is 46.6 Å². The number of carbonyl (C=O) groups is 11. The van der Waals surface area contributed by atoms with Crippen LogP contribution in [0, 0.1) is 29.6 Å². The zero-order valence-electron chi connectivity index (χ0n) is 69.9. The molecule has 632 valence electrons. The molecule has 2 fully saturated rings. The Morgan fingerprint density at radius 1 is 0.526 bits per heavy atom. The highest BCUT2D eigenvalue weighted by atomic mass is 16.6. The monoisotopic (exact) mass is 1590 g/mol. The quantitative estimate of drug-likeness (QED) is 0.0147. The molecule has 114 heavy (non-hydrogen) atoms. The van der Waals surface area contributed by atoms with Crippen molar-refractivity contribution in [3.8, 4) is 0 Å².